The predicted molar refractivity (Wildman–Crippen MR) is 124 cm³/mol. The molecular formula is C22H17Cl2N5O4. The highest BCUT2D eigenvalue weighted by molar-refractivity contribution is 6.33. The standard InChI is InChI=1S/C22H17Cl2N5O4/c1-2-33-16(30)11-28-18-17(19(25)31)26-20(14-8-3-4-9-15(14)24)27-21(18)29(22(28)32)13-7-5-6-12(23)10-13/h3-10H,2,11H2,1H3,(H2,25,31). The van der Waals surface area contributed by atoms with Gasteiger partial charge in [-0.15, -0.1) is 0 Å². The minimum atomic E-state index is -0.906. The molecule has 0 spiro atoms. The largest absolute Gasteiger partial charge is 0.465 e. The number of carbonyl (C=O) groups excluding carboxylic acids is 2. The quantitative estimate of drug-likeness (QED) is 0.418. The van der Waals surface area contributed by atoms with Crippen LogP contribution in [-0.2, 0) is 16.1 Å². The summed E-state index contributed by atoms with van der Waals surface area (Å²) < 4.78 is 7.28. The second-order valence-electron chi connectivity index (χ2n) is 6.90. The summed E-state index contributed by atoms with van der Waals surface area (Å²) in [7, 11) is 0. The maximum atomic E-state index is 13.5. The molecule has 2 aromatic heterocycles. The maximum absolute atomic E-state index is 13.5. The van der Waals surface area contributed by atoms with Crippen LogP contribution in [0.4, 0.5) is 0 Å². The molecule has 0 aliphatic carbocycles. The Morgan fingerprint density at radius 2 is 1.85 bits per heavy atom. The molecular weight excluding hydrogens is 469 g/mol. The first kappa shape index (κ1) is 22.5. The van der Waals surface area contributed by atoms with Gasteiger partial charge in [0.2, 0.25) is 0 Å². The number of nitrogens with two attached hydrogens (primary N) is 1. The first-order chi connectivity index (χ1) is 15.8. The van der Waals surface area contributed by atoms with E-state index in [1.165, 1.54) is 4.57 Å². The Kier molecular flexibility index (Phi) is 6.17. The fourth-order valence-corrected chi connectivity index (χ4v) is 3.82. The van der Waals surface area contributed by atoms with Crippen LogP contribution in [0, 0.1) is 0 Å². The molecule has 0 unspecified atom stereocenters. The van der Waals surface area contributed by atoms with E-state index < -0.39 is 24.1 Å². The van der Waals surface area contributed by atoms with Crippen LogP contribution in [0.1, 0.15) is 17.4 Å². The van der Waals surface area contributed by atoms with Crippen molar-refractivity contribution in [3.05, 3.63) is 74.8 Å². The number of amides is 1. The Hall–Kier alpha value is -3.69. The summed E-state index contributed by atoms with van der Waals surface area (Å²) in [4.78, 5) is 46.9. The highest BCUT2D eigenvalue weighted by atomic mass is 35.5. The average Bonchev–Trinajstić information content (AvgIpc) is 3.04. The lowest BCUT2D eigenvalue weighted by atomic mass is 10.2. The zero-order valence-corrected chi connectivity index (χ0v) is 18.8. The molecule has 4 aromatic rings. The van der Waals surface area contributed by atoms with Crippen LogP contribution in [0.3, 0.4) is 0 Å². The molecule has 168 valence electrons. The van der Waals surface area contributed by atoms with E-state index in [4.69, 9.17) is 33.7 Å². The average molecular weight is 486 g/mol. The molecule has 0 atom stereocenters. The third-order valence-electron chi connectivity index (χ3n) is 4.78. The predicted octanol–water partition coefficient (Wildman–Crippen LogP) is 3.22. The number of rotatable bonds is 6. The molecule has 0 saturated carbocycles. The fraction of sp³-hybridized carbons (Fsp3) is 0.136. The Balaban J connectivity index is 2.12. The number of halogens is 2. The van der Waals surface area contributed by atoms with Gasteiger partial charge in [-0.25, -0.2) is 19.3 Å². The van der Waals surface area contributed by atoms with E-state index in [-0.39, 0.29) is 29.3 Å². The van der Waals surface area contributed by atoms with Crippen molar-refractivity contribution in [1.82, 2.24) is 19.1 Å². The molecule has 0 aliphatic rings. The molecule has 0 bridgehead atoms. The van der Waals surface area contributed by atoms with E-state index in [1.54, 1.807) is 55.5 Å². The molecule has 0 fully saturated rings. The van der Waals surface area contributed by atoms with Crippen LogP contribution < -0.4 is 11.4 Å². The molecule has 11 heteroatoms. The van der Waals surface area contributed by atoms with Gasteiger partial charge in [0.05, 0.1) is 17.3 Å². The zero-order valence-electron chi connectivity index (χ0n) is 17.3. The van der Waals surface area contributed by atoms with Gasteiger partial charge in [-0.2, -0.15) is 0 Å². The summed E-state index contributed by atoms with van der Waals surface area (Å²) in [6.45, 7) is 1.30. The topological polar surface area (TPSA) is 122 Å². The minimum Gasteiger partial charge on any atom is -0.465 e. The molecule has 33 heavy (non-hydrogen) atoms. The van der Waals surface area contributed by atoms with Crippen LogP contribution in [-0.4, -0.2) is 37.6 Å². The normalized spacial score (nSPS) is 11.0. The number of primary amides is 1. The molecule has 0 radical (unpaired) electrons. The molecule has 2 aromatic carbocycles. The van der Waals surface area contributed by atoms with Crippen molar-refractivity contribution in [2.75, 3.05) is 6.61 Å². The molecule has 9 nitrogen and oxygen atoms in total. The SMILES string of the molecule is CCOC(=O)Cn1c(=O)n(-c2cccc(Cl)c2)c2nc(-c3ccccc3Cl)nc(C(N)=O)c21. The highest BCUT2D eigenvalue weighted by Crippen LogP contribution is 2.28. The number of esters is 1. The third kappa shape index (κ3) is 4.20. The van der Waals surface area contributed by atoms with Crippen molar-refractivity contribution in [1.29, 1.82) is 0 Å². The van der Waals surface area contributed by atoms with Gasteiger partial charge in [0.15, 0.2) is 17.2 Å². The summed E-state index contributed by atoms with van der Waals surface area (Å²) >= 11 is 12.5. The lowest BCUT2D eigenvalue weighted by molar-refractivity contribution is -0.143. The number of imidazole rings is 1. The number of ether oxygens (including phenoxy) is 1. The molecule has 0 saturated heterocycles. The monoisotopic (exact) mass is 485 g/mol. The summed E-state index contributed by atoms with van der Waals surface area (Å²) in [5.41, 5.74) is 5.61. The first-order valence-electron chi connectivity index (χ1n) is 9.81. The van der Waals surface area contributed by atoms with Gasteiger partial charge in [-0.1, -0.05) is 41.4 Å². The van der Waals surface area contributed by atoms with Gasteiger partial charge in [-0.3, -0.25) is 14.2 Å². The van der Waals surface area contributed by atoms with Crippen molar-refractivity contribution in [2.24, 2.45) is 5.73 Å². The number of carbonyl (C=O) groups is 2. The molecule has 2 N–H and O–H groups in total. The van der Waals surface area contributed by atoms with E-state index in [2.05, 4.69) is 9.97 Å². The summed E-state index contributed by atoms with van der Waals surface area (Å²) in [6, 6.07) is 13.3. The number of benzene rings is 2. The Morgan fingerprint density at radius 1 is 1.09 bits per heavy atom. The summed E-state index contributed by atoms with van der Waals surface area (Å²) in [6.07, 6.45) is 0. The third-order valence-corrected chi connectivity index (χ3v) is 5.34. The number of hydrogen-bond acceptors (Lipinski definition) is 6. The second-order valence-corrected chi connectivity index (χ2v) is 7.74. The number of fused-ring (bicyclic) bond motifs is 1. The van der Waals surface area contributed by atoms with Crippen molar-refractivity contribution in [2.45, 2.75) is 13.5 Å². The minimum absolute atomic E-state index is 0.00340. The van der Waals surface area contributed by atoms with Crippen LogP contribution in [0.15, 0.2) is 53.3 Å². The van der Waals surface area contributed by atoms with E-state index in [0.717, 1.165) is 4.57 Å². The van der Waals surface area contributed by atoms with Gasteiger partial charge in [0, 0.05) is 10.6 Å². The van der Waals surface area contributed by atoms with Crippen LogP contribution in [0.2, 0.25) is 10.0 Å². The molecule has 2 heterocycles. The maximum Gasteiger partial charge on any atom is 0.335 e. The number of aromatic nitrogens is 4. The van der Waals surface area contributed by atoms with Crippen LogP contribution in [0.25, 0.3) is 28.2 Å². The lowest BCUT2D eigenvalue weighted by Crippen LogP contribution is -2.28. The summed E-state index contributed by atoms with van der Waals surface area (Å²) in [5, 5.41) is 0.719. The summed E-state index contributed by atoms with van der Waals surface area (Å²) in [5.74, 6) is -1.49. The molecule has 1 amide bonds. The molecule has 4 rings (SSSR count). The molecule has 0 aliphatic heterocycles. The Morgan fingerprint density at radius 3 is 2.52 bits per heavy atom. The van der Waals surface area contributed by atoms with Gasteiger partial charge >= 0.3 is 11.7 Å². The Labute approximate surface area is 197 Å². The smallest absolute Gasteiger partial charge is 0.335 e. The van der Waals surface area contributed by atoms with Gasteiger partial charge in [0.25, 0.3) is 5.91 Å². The van der Waals surface area contributed by atoms with Crippen LogP contribution >= 0.6 is 23.2 Å². The highest BCUT2D eigenvalue weighted by Gasteiger charge is 2.26. The van der Waals surface area contributed by atoms with Crippen molar-refractivity contribution >= 4 is 46.2 Å². The van der Waals surface area contributed by atoms with E-state index in [1.807, 2.05) is 0 Å². The number of hydrogen-bond donors (Lipinski definition) is 1. The van der Waals surface area contributed by atoms with Crippen molar-refractivity contribution < 1.29 is 14.3 Å². The number of nitrogens with zero attached hydrogens (tertiary/aromatic N) is 4. The zero-order chi connectivity index (χ0) is 23.7. The first-order valence-corrected chi connectivity index (χ1v) is 10.6. The van der Waals surface area contributed by atoms with Gasteiger partial charge in [0.1, 0.15) is 12.1 Å². The lowest BCUT2D eigenvalue weighted by Gasteiger charge is -2.08. The van der Waals surface area contributed by atoms with E-state index in [0.29, 0.717) is 21.3 Å². The van der Waals surface area contributed by atoms with E-state index in [9.17, 15) is 14.4 Å². The second kappa shape index (κ2) is 9.05. The van der Waals surface area contributed by atoms with Gasteiger partial charge < -0.3 is 10.5 Å². The fourth-order valence-electron chi connectivity index (χ4n) is 3.42. The van der Waals surface area contributed by atoms with Crippen molar-refractivity contribution in [3.8, 4) is 17.1 Å². The van der Waals surface area contributed by atoms with Crippen LogP contribution in [0.5, 0.6) is 0 Å². The van der Waals surface area contributed by atoms with Gasteiger partial charge in [-0.05, 0) is 37.3 Å². The van der Waals surface area contributed by atoms with E-state index >= 15 is 0 Å². The van der Waals surface area contributed by atoms with Crippen molar-refractivity contribution in [3.63, 3.8) is 0 Å². The Bertz CT molecular complexity index is 1460.